The first-order valence-electron chi connectivity index (χ1n) is 10.4. The predicted molar refractivity (Wildman–Crippen MR) is 115 cm³/mol. The Morgan fingerprint density at radius 1 is 1.04 bits per heavy atom. The number of carbonyl (C=O) groups excluding carboxylic acids is 1. The smallest absolute Gasteiger partial charge is 0.224 e. The molecule has 2 aromatic rings. The van der Waals surface area contributed by atoms with E-state index in [9.17, 15) is 9.90 Å². The number of para-hydroxylation sites is 1. The average Bonchev–Trinajstić information content (AvgIpc) is 2.69. The van der Waals surface area contributed by atoms with E-state index in [4.69, 9.17) is 0 Å². The van der Waals surface area contributed by atoms with Crippen LogP contribution < -0.4 is 10.2 Å². The monoisotopic (exact) mass is 380 g/mol. The number of anilines is 1. The van der Waals surface area contributed by atoms with Crippen molar-refractivity contribution < 1.29 is 9.90 Å². The third-order valence-electron chi connectivity index (χ3n) is 5.35. The lowest BCUT2D eigenvalue weighted by Gasteiger charge is -2.33. The van der Waals surface area contributed by atoms with E-state index in [0.717, 1.165) is 25.1 Å². The molecule has 1 heterocycles. The third-order valence-corrected chi connectivity index (χ3v) is 5.35. The van der Waals surface area contributed by atoms with Gasteiger partial charge in [0.15, 0.2) is 0 Å². The molecule has 1 atom stereocenters. The lowest BCUT2D eigenvalue weighted by molar-refractivity contribution is -0.121. The standard InChI is InChI=1S/C24H32N2O2/c1-18(2)16-22(25-24(28)17-19-10-12-20(27)13-11-19)21-8-4-5-9-23(21)26-14-6-3-7-15-26/h4-5,8-13,18,22,27H,3,6-7,14-17H2,1-2H3,(H,25,28). The Labute approximate surface area is 168 Å². The molecule has 1 amide bonds. The van der Waals surface area contributed by atoms with Gasteiger partial charge in [-0.2, -0.15) is 0 Å². The van der Waals surface area contributed by atoms with E-state index in [0.29, 0.717) is 12.3 Å². The maximum Gasteiger partial charge on any atom is 0.224 e. The van der Waals surface area contributed by atoms with E-state index >= 15 is 0 Å². The van der Waals surface area contributed by atoms with Gasteiger partial charge in [-0.1, -0.05) is 44.2 Å². The Morgan fingerprint density at radius 3 is 2.39 bits per heavy atom. The summed E-state index contributed by atoms with van der Waals surface area (Å²) in [7, 11) is 0. The zero-order valence-corrected chi connectivity index (χ0v) is 17.0. The number of carbonyl (C=O) groups is 1. The fourth-order valence-corrected chi connectivity index (χ4v) is 3.98. The minimum Gasteiger partial charge on any atom is -0.508 e. The summed E-state index contributed by atoms with van der Waals surface area (Å²) in [6.07, 6.45) is 5.00. The zero-order chi connectivity index (χ0) is 19.9. The number of nitrogens with zero attached hydrogens (tertiary/aromatic N) is 1. The van der Waals surface area contributed by atoms with Gasteiger partial charge in [0.25, 0.3) is 0 Å². The fraction of sp³-hybridized carbons (Fsp3) is 0.458. The highest BCUT2D eigenvalue weighted by Gasteiger charge is 2.22. The molecular formula is C24H32N2O2. The number of nitrogens with one attached hydrogen (secondary N) is 1. The van der Waals surface area contributed by atoms with Crippen LogP contribution >= 0.6 is 0 Å². The number of aromatic hydroxyl groups is 1. The summed E-state index contributed by atoms with van der Waals surface area (Å²) in [5.74, 6) is 0.718. The van der Waals surface area contributed by atoms with Crippen molar-refractivity contribution in [3.63, 3.8) is 0 Å². The van der Waals surface area contributed by atoms with Crippen LogP contribution in [0.3, 0.4) is 0 Å². The van der Waals surface area contributed by atoms with Crippen molar-refractivity contribution in [2.45, 2.75) is 52.0 Å². The van der Waals surface area contributed by atoms with E-state index in [1.165, 1.54) is 30.5 Å². The highest BCUT2D eigenvalue weighted by atomic mass is 16.3. The van der Waals surface area contributed by atoms with Crippen molar-refractivity contribution in [3.05, 3.63) is 59.7 Å². The lowest BCUT2D eigenvalue weighted by Crippen LogP contribution is -2.34. The summed E-state index contributed by atoms with van der Waals surface area (Å²) in [5, 5.41) is 12.7. The van der Waals surface area contributed by atoms with E-state index in [-0.39, 0.29) is 17.7 Å². The Hall–Kier alpha value is -2.49. The van der Waals surface area contributed by atoms with Crippen LogP contribution in [0, 0.1) is 5.92 Å². The molecule has 150 valence electrons. The van der Waals surface area contributed by atoms with Gasteiger partial charge in [0, 0.05) is 18.8 Å². The summed E-state index contributed by atoms with van der Waals surface area (Å²) in [4.78, 5) is 15.2. The van der Waals surface area contributed by atoms with Crippen LogP contribution in [0.1, 0.15) is 56.7 Å². The van der Waals surface area contributed by atoms with Crippen molar-refractivity contribution in [1.29, 1.82) is 0 Å². The van der Waals surface area contributed by atoms with Gasteiger partial charge in [-0.25, -0.2) is 0 Å². The normalized spacial score (nSPS) is 15.5. The second-order valence-electron chi connectivity index (χ2n) is 8.20. The number of rotatable bonds is 7. The molecular weight excluding hydrogens is 348 g/mol. The van der Waals surface area contributed by atoms with E-state index in [1.54, 1.807) is 24.3 Å². The molecule has 0 bridgehead atoms. The molecule has 0 aromatic heterocycles. The van der Waals surface area contributed by atoms with Gasteiger partial charge in [-0.05, 0) is 60.9 Å². The summed E-state index contributed by atoms with van der Waals surface area (Å²) < 4.78 is 0. The van der Waals surface area contributed by atoms with Gasteiger partial charge in [0.05, 0.1) is 12.5 Å². The topological polar surface area (TPSA) is 52.6 Å². The van der Waals surface area contributed by atoms with Gasteiger partial charge >= 0.3 is 0 Å². The number of piperidine rings is 1. The van der Waals surface area contributed by atoms with Crippen LogP contribution in [0.2, 0.25) is 0 Å². The van der Waals surface area contributed by atoms with E-state index in [2.05, 4.69) is 48.3 Å². The van der Waals surface area contributed by atoms with Crippen LogP contribution in [0.25, 0.3) is 0 Å². The van der Waals surface area contributed by atoms with Crippen LogP contribution in [0.5, 0.6) is 5.75 Å². The first-order valence-corrected chi connectivity index (χ1v) is 10.4. The molecule has 2 N–H and O–H groups in total. The summed E-state index contributed by atoms with van der Waals surface area (Å²) in [6, 6.07) is 15.4. The first kappa shape index (κ1) is 20.2. The fourth-order valence-electron chi connectivity index (χ4n) is 3.98. The number of hydrogen-bond acceptors (Lipinski definition) is 3. The van der Waals surface area contributed by atoms with Crippen molar-refractivity contribution in [2.24, 2.45) is 5.92 Å². The molecule has 1 aliphatic rings. The number of phenolic OH excluding ortho intramolecular Hbond substituents is 1. The van der Waals surface area contributed by atoms with Crippen molar-refractivity contribution in [1.82, 2.24) is 5.32 Å². The molecule has 3 rings (SSSR count). The van der Waals surface area contributed by atoms with Crippen LogP contribution in [-0.4, -0.2) is 24.1 Å². The minimum absolute atomic E-state index is 0.00254. The van der Waals surface area contributed by atoms with Crippen LogP contribution in [0.15, 0.2) is 48.5 Å². The highest BCUT2D eigenvalue weighted by Crippen LogP contribution is 2.32. The van der Waals surface area contributed by atoms with Crippen molar-refractivity contribution in [2.75, 3.05) is 18.0 Å². The minimum atomic E-state index is 0.00254. The Bertz CT molecular complexity index is 764. The molecule has 0 radical (unpaired) electrons. The van der Waals surface area contributed by atoms with Gasteiger partial charge < -0.3 is 15.3 Å². The van der Waals surface area contributed by atoms with Gasteiger partial charge in [-0.3, -0.25) is 4.79 Å². The average molecular weight is 381 g/mol. The first-order chi connectivity index (χ1) is 13.5. The van der Waals surface area contributed by atoms with Gasteiger partial charge in [-0.15, -0.1) is 0 Å². The Kier molecular flexibility index (Phi) is 6.96. The quantitative estimate of drug-likeness (QED) is 0.723. The predicted octanol–water partition coefficient (Wildman–Crippen LogP) is 4.83. The lowest BCUT2D eigenvalue weighted by atomic mass is 9.94. The van der Waals surface area contributed by atoms with Gasteiger partial charge in [0.1, 0.15) is 5.75 Å². The van der Waals surface area contributed by atoms with Gasteiger partial charge in [0.2, 0.25) is 5.91 Å². The molecule has 1 unspecified atom stereocenters. The van der Waals surface area contributed by atoms with Crippen molar-refractivity contribution >= 4 is 11.6 Å². The second-order valence-corrected chi connectivity index (χ2v) is 8.20. The molecule has 2 aromatic carbocycles. The Balaban J connectivity index is 1.78. The van der Waals surface area contributed by atoms with E-state index in [1.807, 2.05) is 0 Å². The Morgan fingerprint density at radius 2 is 1.71 bits per heavy atom. The summed E-state index contributed by atoms with van der Waals surface area (Å²) in [6.45, 7) is 6.57. The molecule has 0 spiro atoms. The number of benzene rings is 2. The number of phenols is 1. The number of hydrogen-bond donors (Lipinski definition) is 2. The molecule has 28 heavy (non-hydrogen) atoms. The molecule has 0 aliphatic carbocycles. The molecule has 1 saturated heterocycles. The molecule has 1 fully saturated rings. The molecule has 4 heteroatoms. The van der Waals surface area contributed by atoms with Crippen LogP contribution in [0.4, 0.5) is 5.69 Å². The maximum atomic E-state index is 12.8. The van der Waals surface area contributed by atoms with E-state index < -0.39 is 0 Å². The SMILES string of the molecule is CC(C)CC(NC(=O)Cc1ccc(O)cc1)c1ccccc1N1CCCCC1. The molecule has 1 aliphatic heterocycles. The second kappa shape index (κ2) is 9.63. The number of amides is 1. The maximum absolute atomic E-state index is 12.8. The summed E-state index contributed by atoms with van der Waals surface area (Å²) >= 11 is 0. The largest absolute Gasteiger partial charge is 0.508 e. The zero-order valence-electron chi connectivity index (χ0n) is 17.0. The third kappa shape index (κ3) is 5.51. The highest BCUT2D eigenvalue weighted by molar-refractivity contribution is 5.79. The van der Waals surface area contributed by atoms with Crippen molar-refractivity contribution in [3.8, 4) is 5.75 Å². The molecule has 0 saturated carbocycles. The van der Waals surface area contributed by atoms with Crippen LogP contribution in [-0.2, 0) is 11.2 Å². The molecule has 4 nitrogen and oxygen atoms in total. The summed E-state index contributed by atoms with van der Waals surface area (Å²) in [5.41, 5.74) is 3.39.